The summed E-state index contributed by atoms with van der Waals surface area (Å²) in [6.45, 7) is 4.92. The second kappa shape index (κ2) is 9.56. The van der Waals surface area contributed by atoms with E-state index >= 15 is 0 Å². The van der Waals surface area contributed by atoms with E-state index in [1.165, 1.54) is 22.6 Å². The first-order chi connectivity index (χ1) is 22.8. The van der Waals surface area contributed by atoms with E-state index in [9.17, 15) is 0 Å². The maximum Gasteiger partial charge on any atom is 0.178 e. The van der Waals surface area contributed by atoms with Crippen LogP contribution in [0.4, 0.5) is 45.8 Å². The van der Waals surface area contributed by atoms with Crippen molar-refractivity contribution in [3.63, 3.8) is 0 Å². The molecule has 46 heavy (non-hydrogen) atoms. The van der Waals surface area contributed by atoms with Gasteiger partial charge < -0.3 is 19.6 Å². The molecule has 5 aromatic carbocycles. The molecule has 0 spiro atoms. The van der Waals surface area contributed by atoms with Crippen molar-refractivity contribution in [3.05, 3.63) is 164 Å². The molecule has 4 unspecified atom stereocenters. The van der Waals surface area contributed by atoms with Crippen molar-refractivity contribution in [1.29, 1.82) is 0 Å². The number of hydrogen-bond acceptors (Lipinski definition) is 6. The molecule has 0 aliphatic carbocycles. The Hall–Kier alpha value is -5.88. The van der Waals surface area contributed by atoms with Crippen LogP contribution in [-0.2, 0) is 0 Å². The largest absolute Gasteiger partial charge is 0.318 e. The molecule has 4 aliphatic heterocycles. The molecule has 6 aromatic rings. The molecule has 10 rings (SSSR count). The van der Waals surface area contributed by atoms with Crippen molar-refractivity contribution < 1.29 is 0 Å². The fourth-order valence-electron chi connectivity index (χ4n) is 8.48. The second-order valence-corrected chi connectivity index (χ2v) is 12.3. The van der Waals surface area contributed by atoms with E-state index in [1.807, 2.05) is 12.4 Å². The lowest BCUT2D eigenvalue weighted by Crippen LogP contribution is -2.59. The van der Waals surface area contributed by atoms with Crippen LogP contribution in [0.2, 0.25) is 0 Å². The summed E-state index contributed by atoms with van der Waals surface area (Å²) in [5, 5.41) is 0. The molecular formula is C40H30N6. The highest BCUT2D eigenvalue weighted by molar-refractivity contribution is 5.96. The highest BCUT2D eigenvalue weighted by atomic mass is 15.5. The Kier molecular flexibility index (Phi) is 5.29. The van der Waals surface area contributed by atoms with E-state index in [2.05, 4.69) is 153 Å². The van der Waals surface area contributed by atoms with Crippen LogP contribution in [0.5, 0.6) is 0 Å². The zero-order valence-electron chi connectivity index (χ0n) is 25.1. The van der Waals surface area contributed by atoms with Gasteiger partial charge in [0.05, 0.1) is 17.1 Å². The van der Waals surface area contributed by atoms with Gasteiger partial charge in [-0.3, -0.25) is 0 Å². The number of nitrogens with zero attached hydrogens (tertiary/aromatic N) is 6. The topological polar surface area (TPSA) is 38.7 Å². The van der Waals surface area contributed by atoms with E-state index < -0.39 is 0 Å². The van der Waals surface area contributed by atoms with Crippen LogP contribution >= 0.6 is 0 Å². The van der Waals surface area contributed by atoms with Gasteiger partial charge in [0, 0.05) is 46.9 Å². The number of hydrogen-bond donors (Lipinski definition) is 0. The maximum atomic E-state index is 5.03. The van der Waals surface area contributed by atoms with Gasteiger partial charge in [-0.15, -0.1) is 0 Å². The molecule has 6 nitrogen and oxygen atoms in total. The van der Waals surface area contributed by atoms with Crippen molar-refractivity contribution in [2.75, 3.05) is 19.6 Å². The predicted octanol–water partition coefficient (Wildman–Crippen LogP) is 9.15. The first-order valence-electron chi connectivity index (χ1n) is 15.9. The predicted molar refractivity (Wildman–Crippen MR) is 186 cm³/mol. The molecule has 0 saturated carbocycles. The minimum atomic E-state index is -0.161. The second-order valence-electron chi connectivity index (χ2n) is 12.3. The number of rotatable bonds is 2. The van der Waals surface area contributed by atoms with Crippen LogP contribution in [0.1, 0.15) is 17.0 Å². The molecular weight excluding hydrogens is 564 g/mol. The number of benzene rings is 5. The van der Waals surface area contributed by atoms with Gasteiger partial charge in [-0.2, -0.15) is 0 Å². The maximum absolute atomic E-state index is 5.03. The third-order valence-corrected chi connectivity index (χ3v) is 10.1. The first-order valence-corrected chi connectivity index (χ1v) is 15.9. The summed E-state index contributed by atoms with van der Waals surface area (Å²) in [6.07, 6.45) is 3.40. The van der Waals surface area contributed by atoms with Crippen molar-refractivity contribution in [2.45, 2.75) is 18.2 Å². The molecule has 0 fully saturated rings. The lowest BCUT2D eigenvalue weighted by atomic mass is 9.72. The van der Waals surface area contributed by atoms with E-state index in [0.717, 1.165) is 39.8 Å². The van der Waals surface area contributed by atoms with Gasteiger partial charge in [0.25, 0.3) is 0 Å². The van der Waals surface area contributed by atoms with Crippen molar-refractivity contribution >= 4 is 51.3 Å². The Bertz CT molecular complexity index is 2150. The number of para-hydroxylation sites is 6. The molecule has 220 valence electrons. The standard InChI is InChI=1S/C40H30N6/c1-26-29-18-8-10-20-31(29)46-38-37(41-24-25-42-38)44(28-16-6-3-7-17-28)40(46)36-35(26)30-19-9-11-21-32(30)45-34-23-13-12-22-33(34)43(39(36)45)27-14-4-2-5-15-27/h2-25,35-36,39-40H,1H2. The van der Waals surface area contributed by atoms with Crippen LogP contribution in [0.25, 0.3) is 5.57 Å². The summed E-state index contributed by atoms with van der Waals surface area (Å²) in [5.41, 5.74) is 10.6. The summed E-state index contributed by atoms with van der Waals surface area (Å²) in [6, 6.07) is 48.0. The van der Waals surface area contributed by atoms with E-state index in [1.54, 1.807) is 0 Å². The highest BCUT2D eigenvalue weighted by Gasteiger charge is 2.59. The van der Waals surface area contributed by atoms with Crippen molar-refractivity contribution in [1.82, 2.24) is 9.97 Å². The molecule has 0 saturated heterocycles. The lowest BCUT2D eigenvalue weighted by molar-refractivity contribution is 0.328. The molecule has 0 radical (unpaired) electrons. The molecule has 6 heteroatoms. The molecule has 5 heterocycles. The Balaban J connectivity index is 1.33. The molecule has 0 bridgehead atoms. The van der Waals surface area contributed by atoms with Gasteiger partial charge in [-0.25, -0.2) is 9.97 Å². The molecule has 4 atom stereocenters. The Morgan fingerprint density at radius 1 is 0.457 bits per heavy atom. The number of allylic oxidation sites excluding steroid dienone is 1. The molecule has 4 aliphatic rings. The lowest BCUT2D eigenvalue weighted by Gasteiger charge is -2.51. The number of fused-ring (bicyclic) bond motifs is 14. The van der Waals surface area contributed by atoms with Crippen LogP contribution in [0.15, 0.2) is 152 Å². The van der Waals surface area contributed by atoms with E-state index in [0.29, 0.717) is 0 Å². The summed E-state index contributed by atoms with van der Waals surface area (Å²) in [5.74, 6) is 1.74. The third-order valence-electron chi connectivity index (χ3n) is 10.1. The average Bonchev–Trinajstić information content (AvgIpc) is 3.62. The van der Waals surface area contributed by atoms with E-state index in [-0.39, 0.29) is 24.2 Å². The van der Waals surface area contributed by atoms with Gasteiger partial charge in [0.1, 0.15) is 12.3 Å². The van der Waals surface area contributed by atoms with Crippen LogP contribution < -0.4 is 19.6 Å². The zero-order valence-corrected chi connectivity index (χ0v) is 25.1. The van der Waals surface area contributed by atoms with Crippen LogP contribution in [0.3, 0.4) is 0 Å². The Morgan fingerprint density at radius 2 is 0.957 bits per heavy atom. The fourth-order valence-corrected chi connectivity index (χ4v) is 8.48. The van der Waals surface area contributed by atoms with Crippen molar-refractivity contribution in [3.8, 4) is 0 Å². The average molecular weight is 595 g/mol. The van der Waals surface area contributed by atoms with Gasteiger partial charge in [0.15, 0.2) is 11.6 Å². The molecule has 0 N–H and O–H groups in total. The minimum Gasteiger partial charge on any atom is -0.318 e. The van der Waals surface area contributed by atoms with Gasteiger partial charge >= 0.3 is 0 Å². The van der Waals surface area contributed by atoms with Gasteiger partial charge in [-0.1, -0.05) is 91.5 Å². The first kappa shape index (κ1) is 25.4. The number of anilines is 8. The summed E-state index contributed by atoms with van der Waals surface area (Å²) in [7, 11) is 0. The normalized spacial score (nSPS) is 21.8. The Morgan fingerprint density at radius 3 is 1.65 bits per heavy atom. The molecule has 1 aromatic heterocycles. The van der Waals surface area contributed by atoms with E-state index in [4.69, 9.17) is 16.5 Å². The highest BCUT2D eigenvalue weighted by Crippen LogP contribution is 2.64. The molecule has 0 amide bonds. The zero-order chi connectivity index (χ0) is 30.4. The minimum absolute atomic E-state index is 0.00128. The fraction of sp³-hybridized carbons (Fsp3) is 0.100. The quantitative estimate of drug-likeness (QED) is 0.199. The van der Waals surface area contributed by atoms with Crippen LogP contribution in [0, 0.1) is 5.92 Å². The Labute approximate surface area is 268 Å². The summed E-state index contributed by atoms with van der Waals surface area (Å²) >= 11 is 0. The third kappa shape index (κ3) is 3.30. The van der Waals surface area contributed by atoms with Gasteiger partial charge in [0.2, 0.25) is 0 Å². The van der Waals surface area contributed by atoms with Crippen LogP contribution in [-0.4, -0.2) is 22.3 Å². The summed E-state index contributed by atoms with van der Waals surface area (Å²) in [4.78, 5) is 20.1. The number of aromatic nitrogens is 2. The SMILES string of the molecule is C=C1c2ccccc2N2c3nccnc3N(c3ccccc3)C2C2C1c1ccccc1N1c3ccccc3N(c3ccccc3)C21. The van der Waals surface area contributed by atoms with Crippen molar-refractivity contribution in [2.24, 2.45) is 5.92 Å². The summed E-state index contributed by atoms with van der Waals surface area (Å²) < 4.78 is 0. The van der Waals surface area contributed by atoms with Gasteiger partial charge in [-0.05, 0) is 59.7 Å². The monoisotopic (exact) mass is 594 g/mol. The smallest absolute Gasteiger partial charge is 0.178 e.